The van der Waals surface area contributed by atoms with Crippen molar-refractivity contribution in [3.05, 3.63) is 22.5 Å². The lowest BCUT2D eigenvalue weighted by Crippen LogP contribution is -2.59. The molecule has 0 atom stereocenters. The molecule has 2 aromatic heterocycles. The fraction of sp³-hybridized carbons (Fsp3) is 0.700. The quantitative estimate of drug-likeness (QED) is 0.890. The number of hydrogen-bond donors (Lipinski definition) is 1. The van der Waals surface area contributed by atoms with Crippen LogP contribution in [0.2, 0.25) is 0 Å². The number of aliphatic hydroxyl groups is 1. The standard InChI is InChI=1S/C20H29N3OS/c1-13-21-16(10-23-11-20(4,24)12-23)15-9-17(25-18(15)22-13)14-5-7-19(2,3)8-6-14/h9,14,24H,5-8,10-12H2,1-4H3. The molecule has 0 aromatic carbocycles. The average molecular weight is 360 g/mol. The maximum atomic E-state index is 9.97. The van der Waals surface area contributed by atoms with Gasteiger partial charge in [-0.1, -0.05) is 13.8 Å². The SMILES string of the molecule is Cc1nc(CN2CC(C)(O)C2)c2cc(C3CCC(C)(C)CC3)sc2n1. The Kier molecular flexibility index (Phi) is 4.17. The van der Waals surface area contributed by atoms with Crippen molar-refractivity contribution in [2.24, 2.45) is 5.41 Å². The fourth-order valence-electron chi connectivity index (χ4n) is 4.36. The van der Waals surface area contributed by atoms with E-state index < -0.39 is 5.60 Å². The molecule has 4 rings (SSSR count). The van der Waals surface area contributed by atoms with Crippen molar-refractivity contribution in [2.75, 3.05) is 13.1 Å². The summed E-state index contributed by atoms with van der Waals surface area (Å²) in [4.78, 5) is 14.3. The minimum Gasteiger partial charge on any atom is -0.388 e. The molecule has 1 N–H and O–H groups in total. The summed E-state index contributed by atoms with van der Waals surface area (Å²) < 4.78 is 0. The molecule has 3 heterocycles. The van der Waals surface area contributed by atoms with Gasteiger partial charge >= 0.3 is 0 Å². The van der Waals surface area contributed by atoms with Crippen molar-refractivity contribution >= 4 is 21.6 Å². The first-order valence-electron chi connectivity index (χ1n) is 9.43. The van der Waals surface area contributed by atoms with Gasteiger partial charge in [0, 0.05) is 29.9 Å². The van der Waals surface area contributed by atoms with Gasteiger partial charge in [0.15, 0.2) is 0 Å². The third-order valence-corrected chi connectivity index (χ3v) is 7.04. The first-order valence-corrected chi connectivity index (χ1v) is 10.2. The molecular formula is C20H29N3OS. The van der Waals surface area contributed by atoms with E-state index in [-0.39, 0.29) is 0 Å². The smallest absolute Gasteiger partial charge is 0.127 e. The van der Waals surface area contributed by atoms with Crippen molar-refractivity contribution in [3.8, 4) is 0 Å². The van der Waals surface area contributed by atoms with Crippen molar-refractivity contribution in [3.63, 3.8) is 0 Å². The van der Waals surface area contributed by atoms with Gasteiger partial charge in [-0.25, -0.2) is 9.97 Å². The van der Waals surface area contributed by atoms with Gasteiger partial charge in [0.25, 0.3) is 0 Å². The molecule has 0 unspecified atom stereocenters. The molecule has 4 nitrogen and oxygen atoms in total. The summed E-state index contributed by atoms with van der Waals surface area (Å²) in [5.74, 6) is 1.54. The summed E-state index contributed by atoms with van der Waals surface area (Å²) >= 11 is 1.87. The van der Waals surface area contributed by atoms with Crippen LogP contribution in [0.5, 0.6) is 0 Å². The second-order valence-corrected chi connectivity index (χ2v) is 10.2. The van der Waals surface area contributed by atoms with Crippen LogP contribution < -0.4 is 0 Å². The normalized spacial score (nSPS) is 23.7. The molecule has 0 bridgehead atoms. The summed E-state index contributed by atoms with van der Waals surface area (Å²) in [6.07, 6.45) is 5.20. The Balaban J connectivity index is 1.58. The number of fused-ring (bicyclic) bond motifs is 1. The zero-order chi connectivity index (χ0) is 17.8. The number of aryl methyl sites for hydroxylation is 1. The zero-order valence-electron chi connectivity index (χ0n) is 15.8. The van der Waals surface area contributed by atoms with E-state index in [1.54, 1.807) is 0 Å². The number of aromatic nitrogens is 2. The maximum Gasteiger partial charge on any atom is 0.127 e. The lowest BCUT2D eigenvalue weighted by atomic mass is 9.73. The minimum absolute atomic E-state index is 0.503. The third kappa shape index (κ3) is 3.60. The van der Waals surface area contributed by atoms with E-state index in [2.05, 4.69) is 24.8 Å². The van der Waals surface area contributed by atoms with Crippen LogP contribution in [0.15, 0.2) is 6.07 Å². The summed E-state index contributed by atoms with van der Waals surface area (Å²) in [6.45, 7) is 10.9. The van der Waals surface area contributed by atoms with Crippen molar-refractivity contribution in [2.45, 2.75) is 71.4 Å². The van der Waals surface area contributed by atoms with E-state index in [1.807, 2.05) is 25.2 Å². The van der Waals surface area contributed by atoms with Crippen molar-refractivity contribution < 1.29 is 5.11 Å². The van der Waals surface area contributed by atoms with Gasteiger partial charge < -0.3 is 5.11 Å². The summed E-state index contributed by atoms with van der Waals surface area (Å²) in [5.41, 5.74) is 1.09. The van der Waals surface area contributed by atoms with Gasteiger partial charge in [0.2, 0.25) is 0 Å². The number of likely N-dealkylation sites (tertiary alicyclic amines) is 1. The Bertz CT molecular complexity index is 778. The average Bonchev–Trinajstić information content (AvgIpc) is 2.89. The molecule has 2 aliphatic rings. The Hall–Kier alpha value is -1.04. The molecular weight excluding hydrogens is 330 g/mol. The second kappa shape index (κ2) is 6.00. The van der Waals surface area contributed by atoms with Gasteiger partial charge in [-0.3, -0.25) is 4.90 Å². The predicted molar refractivity (Wildman–Crippen MR) is 103 cm³/mol. The van der Waals surface area contributed by atoms with E-state index in [0.717, 1.165) is 36.0 Å². The van der Waals surface area contributed by atoms with Gasteiger partial charge in [-0.2, -0.15) is 0 Å². The molecule has 5 heteroatoms. The second-order valence-electron chi connectivity index (χ2n) is 9.17. The first-order chi connectivity index (χ1) is 11.7. The predicted octanol–water partition coefficient (Wildman–Crippen LogP) is 4.25. The highest BCUT2D eigenvalue weighted by Crippen LogP contribution is 2.45. The highest BCUT2D eigenvalue weighted by Gasteiger charge is 2.37. The summed E-state index contributed by atoms with van der Waals surface area (Å²) in [6, 6.07) is 2.36. The molecule has 1 aliphatic heterocycles. The van der Waals surface area contributed by atoms with Gasteiger partial charge in [0.1, 0.15) is 10.7 Å². The Morgan fingerprint density at radius 2 is 1.88 bits per heavy atom. The lowest BCUT2D eigenvalue weighted by molar-refractivity contribution is -0.0874. The van der Waals surface area contributed by atoms with E-state index in [1.165, 1.54) is 35.9 Å². The highest BCUT2D eigenvalue weighted by atomic mass is 32.1. The number of hydrogen-bond acceptors (Lipinski definition) is 5. The lowest BCUT2D eigenvalue weighted by Gasteiger charge is -2.44. The van der Waals surface area contributed by atoms with Crippen LogP contribution >= 0.6 is 11.3 Å². The number of thiophene rings is 1. The Morgan fingerprint density at radius 1 is 1.20 bits per heavy atom. The van der Waals surface area contributed by atoms with Crippen LogP contribution in [-0.4, -0.2) is 38.7 Å². The zero-order valence-corrected chi connectivity index (χ0v) is 16.6. The van der Waals surface area contributed by atoms with Gasteiger partial charge in [-0.15, -0.1) is 11.3 Å². The number of β-amino-alcohol motifs (C(OH)–C–C–N with tert-alkyl or cyclic N) is 1. The van der Waals surface area contributed by atoms with Crippen LogP contribution in [0.1, 0.15) is 68.8 Å². The molecule has 0 spiro atoms. The molecule has 1 aliphatic carbocycles. The first kappa shape index (κ1) is 17.4. The maximum absolute atomic E-state index is 9.97. The monoisotopic (exact) mass is 359 g/mol. The number of rotatable bonds is 3. The molecule has 25 heavy (non-hydrogen) atoms. The van der Waals surface area contributed by atoms with Crippen LogP contribution in [0.25, 0.3) is 10.2 Å². The molecule has 1 saturated heterocycles. The molecule has 1 saturated carbocycles. The van der Waals surface area contributed by atoms with E-state index in [4.69, 9.17) is 9.97 Å². The number of nitrogens with zero attached hydrogens (tertiary/aromatic N) is 3. The van der Waals surface area contributed by atoms with Crippen molar-refractivity contribution in [1.82, 2.24) is 14.9 Å². The largest absolute Gasteiger partial charge is 0.388 e. The summed E-state index contributed by atoms with van der Waals surface area (Å²) in [5, 5.41) is 11.2. The van der Waals surface area contributed by atoms with Crippen molar-refractivity contribution in [1.29, 1.82) is 0 Å². The third-order valence-electron chi connectivity index (χ3n) is 5.85. The van der Waals surface area contributed by atoms with Crippen LogP contribution in [-0.2, 0) is 6.54 Å². The van der Waals surface area contributed by atoms with Gasteiger partial charge in [0.05, 0.1) is 11.3 Å². The molecule has 0 amide bonds. The molecule has 2 aromatic rings. The molecule has 136 valence electrons. The van der Waals surface area contributed by atoms with Gasteiger partial charge in [-0.05, 0) is 56.9 Å². The van der Waals surface area contributed by atoms with Crippen LogP contribution in [0.4, 0.5) is 0 Å². The highest BCUT2D eigenvalue weighted by molar-refractivity contribution is 7.18. The summed E-state index contributed by atoms with van der Waals surface area (Å²) in [7, 11) is 0. The topological polar surface area (TPSA) is 49.2 Å². The van der Waals surface area contributed by atoms with E-state index >= 15 is 0 Å². The van der Waals surface area contributed by atoms with E-state index in [0.29, 0.717) is 11.3 Å². The molecule has 2 fully saturated rings. The fourth-order valence-corrected chi connectivity index (χ4v) is 5.63. The van der Waals surface area contributed by atoms with E-state index in [9.17, 15) is 5.11 Å². The van der Waals surface area contributed by atoms with Crippen LogP contribution in [0, 0.1) is 12.3 Å². The van der Waals surface area contributed by atoms with Crippen LogP contribution in [0.3, 0.4) is 0 Å². The minimum atomic E-state index is -0.532. The Labute approximate surface area is 154 Å². The molecule has 0 radical (unpaired) electrons. The Morgan fingerprint density at radius 3 is 2.52 bits per heavy atom.